The van der Waals surface area contributed by atoms with Crippen molar-refractivity contribution >= 4 is 23.2 Å². The summed E-state index contributed by atoms with van der Waals surface area (Å²) < 4.78 is 9.45. The molecular weight excluding hydrogens is 307 g/mol. The number of hydrogen-bond acceptors (Lipinski definition) is 2. The van der Waals surface area contributed by atoms with Crippen LogP contribution < -0.4 is 9.47 Å². The van der Waals surface area contributed by atoms with Crippen LogP contribution in [0.5, 0.6) is 11.5 Å². The standard InChI is InChI=1S/C17H18Cl2O2/c1-17(18,19)16(12-4-8-14(20-2)9-5-12)13-6-10-15(21-3)11-7-13/h4-11,16H,1-3H3. The van der Waals surface area contributed by atoms with E-state index in [9.17, 15) is 0 Å². The van der Waals surface area contributed by atoms with Gasteiger partial charge < -0.3 is 9.47 Å². The van der Waals surface area contributed by atoms with Crippen LogP contribution in [-0.2, 0) is 0 Å². The summed E-state index contributed by atoms with van der Waals surface area (Å²) in [7, 11) is 3.28. The lowest BCUT2D eigenvalue weighted by Crippen LogP contribution is -2.21. The van der Waals surface area contributed by atoms with E-state index in [0.717, 1.165) is 22.6 Å². The van der Waals surface area contributed by atoms with Gasteiger partial charge in [0.05, 0.1) is 14.2 Å². The third kappa shape index (κ3) is 3.84. The van der Waals surface area contributed by atoms with Crippen LogP contribution >= 0.6 is 23.2 Å². The monoisotopic (exact) mass is 324 g/mol. The average Bonchev–Trinajstić information content (AvgIpc) is 2.47. The van der Waals surface area contributed by atoms with Gasteiger partial charge in [-0.15, -0.1) is 23.2 Å². The quantitative estimate of drug-likeness (QED) is 0.718. The number of methoxy groups -OCH3 is 2. The second-order valence-electron chi connectivity index (χ2n) is 4.94. The van der Waals surface area contributed by atoms with Crippen LogP contribution in [0.3, 0.4) is 0 Å². The molecule has 0 amide bonds. The van der Waals surface area contributed by atoms with Crippen molar-refractivity contribution < 1.29 is 9.47 Å². The van der Waals surface area contributed by atoms with E-state index < -0.39 is 4.33 Å². The molecule has 112 valence electrons. The highest BCUT2D eigenvalue weighted by molar-refractivity contribution is 6.48. The van der Waals surface area contributed by atoms with E-state index in [1.165, 1.54) is 0 Å². The molecule has 0 bridgehead atoms. The van der Waals surface area contributed by atoms with Gasteiger partial charge in [0, 0.05) is 5.92 Å². The number of alkyl halides is 2. The lowest BCUT2D eigenvalue weighted by molar-refractivity contribution is 0.414. The normalized spacial score (nSPS) is 11.5. The molecule has 0 spiro atoms. The van der Waals surface area contributed by atoms with Gasteiger partial charge in [0.25, 0.3) is 0 Å². The predicted molar refractivity (Wildman–Crippen MR) is 87.9 cm³/mol. The molecule has 0 saturated heterocycles. The number of rotatable bonds is 5. The molecule has 2 nitrogen and oxygen atoms in total. The summed E-state index contributed by atoms with van der Waals surface area (Å²) >= 11 is 12.8. The van der Waals surface area contributed by atoms with Crippen LogP contribution in [0.15, 0.2) is 48.5 Å². The van der Waals surface area contributed by atoms with Crippen molar-refractivity contribution in [1.82, 2.24) is 0 Å². The highest BCUT2D eigenvalue weighted by atomic mass is 35.5. The zero-order valence-corrected chi connectivity index (χ0v) is 13.8. The summed E-state index contributed by atoms with van der Waals surface area (Å²) in [6.07, 6.45) is 0. The lowest BCUT2D eigenvalue weighted by atomic mass is 9.88. The summed E-state index contributed by atoms with van der Waals surface area (Å²) in [6.45, 7) is 1.80. The summed E-state index contributed by atoms with van der Waals surface area (Å²) in [5.74, 6) is 1.47. The van der Waals surface area contributed by atoms with Crippen LogP contribution in [0.1, 0.15) is 24.0 Å². The minimum absolute atomic E-state index is 0.141. The first-order chi connectivity index (χ1) is 9.95. The van der Waals surface area contributed by atoms with E-state index >= 15 is 0 Å². The molecule has 0 aliphatic heterocycles. The smallest absolute Gasteiger partial charge is 0.126 e. The van der Waals surface area contributed by atoms with Gasteiger partial charge in [-0.3, -0.25) is 0 Å². The molecule has 21 heavy (non-hydrogen) atoms. The van der Waals surface area contributed by atoms with Gasteiger partial charge in [0.15, 0.2) is 0 Å². The third-order valence-corrected chi connectivity index (χ3v) is 3.84. The summed E-state index contributed by atoms with van der Waals surface area (Å²) in [6, 6.07) is 15.6. The molecule has 2 aromatic carbocycles. The van der Waals surface area contributed by atoms with Crippen LogP contribution in [0.25, 0.3) is 0 Å². The topological polar surface area (TPSA) is 18.5 Å². The Morgan fingerprint density at radius 3 is 1.33 bits per heavy atom. The lowest BCUT2D eigenvalue weighted by Gasteiger charge is -2.27. The molecule has 0 aromatic heterocycles. The number of halogens is 2. The molecule has 0 N–H and O–H groups in total. The Balaban J connectivity index is 2.41. The molecule has 0 atom stereocenters. The maximum Gasteiger partial charge on any atom is 0.126 e. The van der Waals surface area contributed by atoms with Crippen LogP contribution in [0, 0.1) is 0 Å². The van der Waals surface area contributed by atoms with Crippen LogP contribution in [-0.4, -0.2) is 18.6 Å². The summed E-state index contributed by atoms with van der Waals surface area (Å²) in [4.78, 5) is 0. The van der Waals surface area contributed by atoms with E-state index in [2.05, 4.69) is 0 Å². The van der Waals surface area contributed by atoms with Gasteiger partial charge in [-0.05, 0) is 42.3 Å². The minimum Gasteiger partial charge on any atom is -0.497 e. The maximum atomic E-state index is 6.42. The molecule has 0 heterocycles. The van der Waals surface area contributed by atoms with E-state index in [4.69, 9.17) is 32.7 Å². The van der Waals surface area contributed by atoms with Crippen molar-refractivity contribution in [2.75, 3.05) is 14.2 Å². The fourth-order valence-corrected chi connectivity index (χ4v) is 2.87. The fourth-order valence-electron chi connectivity index (χ4n) is 2.37. The van der Waals surface area contributed by atoms with Crippen molar-refractivity contribution in [2.24, 2.45) is 0 Å². The highest BCUT2D eigenvalue weighted by Crippen LogP contribution is 2.42. The summed E-state index contributed by atoms with van der Waals surface area (Å²) in [5, 5.41) is 0. The Bertz CT molecular complexity index is 524. The zero-order chi connectivity index (χ0) is 15.5. The van der Waals surface area contributed by atoms with E-state index in [-0.39, 0.29) is 5.92 Å². The first-order valence-electron chi connectivity index (χ1n) is 6.61. The van der Waals surface area contributed by atoms with E-state index in [0.29, 0.717) is 0 Å². The predicted octanol–water partition coefficient (Wildman–Crippen LogP) is 5.03. The van der Waals surface area contributed by atoms with E-state index in [1.54, 1.807) is 21.1 Å². The molecule has 4 heteroatoms. The molecule has 2 aromatic rings. The first-order valence-corrected chi connectivity index (χ1v) is 7.37. The molecular formula is C17H18Cl2O2. The van der Waals surface area contributed by atoms with Crippen molar-refractivity contribution in [3.05, 3.63) is 59.7 Å². The Morgan fingerprint density at radius 2 is 1.10 bits per heavy atom. The zero-order valence-electron chi connectivity index (χ0n) is 12.3. The van der Waals surface area contributed by atoms with Crippen LogP contribution in [0.4, 0.5) is 0 Å². The molecule has 2 rings (SSSR count). The molecule has 0 aliphatic rings. The average molecular weight is 325 g/mol. The van der Waals surface area contributed by atoms with Gasteiger partial charge in [0.2, 0.25) is 0 Å². The minimum atomic E-state index is -0.927. The number of benzene rings is 2. The Kier molecular flexibility index (Phi) is 5.02. The molecule has 0 aliphatic carbocycles. The third-order valence-electron chi connectivity index (χ3n) is 3.41. The molecule has 0 unspecified atom stereocenters. The van der Waals surface area contributed by atoms with Crippen molar-refractivity contribution in [2.45, 2.75) is 17.2 Å². The SMILES string of the molecule is COc1ccc(C(c2ccc(OC)cc2)C(C)(Cl)Cl)cc1. The first kappa shape index (κ1) is 16.0. The highest BCUT2D eigenvalue weighted by Gasteiger charge is 2.32. The van der Waals surface area contributed by atoms with Crippen LogP contribution in [0.2, 0.25) is 0 Å². The molecule has 0 radical (unpaired) electrons. The Labute approximate surface area is 135 Å². The van der Waals surface area contributed by atoms with Gasteiger partial charge in [-0.1, -0.05) is 24.3 Å². The van der Waals surface area contributed by atoms with Gasteiger partial charge in [0.1, 0.15) is 15.8 Å². The number of ether oxygens (including phenoxy) is 2. The number of hydrogen-bond donors (Lipinski definition) is 0. The van der Waals surface area contributed by atoms with Gasteiger partial charge in [-0.25, -0.2) is 0 Å². The van der Waals surface area contributed by atoms with Gasteiger partial charge >= 0.3 is 0 Å². The largest absolute Gasteiger partial charge is 0.497 e. The second kappa shape index (κ2) is 6.59. The molecule has 0 saturated carbocycles. The van der Waals surface area contributed by atoms with E-state index in [1.807, 2.05) is 48.5 Å². The Morgan fingerprint density at radius 1 is 0.762 bits per heavy atom. The molecule has 0 fully saturated rings. The second-order valence-corrected chi connectivity index (χ2v) is 6.70. The Hall–Kier alpha value is -1.38. The van der Waals surface area contributed by atoms with Crippen molar-refractivity contribution in [3.63, 3.8) is 0 Å². The van der Waals surface area contributed by atoms with Crippen molar-refractivity contribution in [3.8, 4) is 11.5 Å². The van der Waals surface area contributed by atoms with Crippen molar-refractivity contribution in [1.29, 1.82) is 0 Å². The summed E-state index contributed by atoms with van der Waals surface area (Å²) in [5.41, 5.74) is 2.07. The van der Waals surface area contributed by atoms with Gasteiger partial charge in [-0.2, -0.15) is 0 Å². The fraction of sp³-hybridized carbons (Fsp3) is 0.294. The maximum absolute atomic E-state index is 6.42.